The van der Waals surface area contributed by atoms with E-state index < -0.39 is 24.1 Å². The zero-order chi connectivity index (χ0) is 24.6. The number of methoxy groups -OCH3 is 1. The highest BCUT2D eigenvalue weighted by molar-refractivity contribution is 5.97. The lowest BCUT2D eigenvalue weighted by Gasteiger charge is -2.23. The van der Waals surface area contributed by atoms with Gasteiger partial charge in [-0.15, -0.1) is 0 Å². The molecule has 2 amide bonds. The van der Waals surface area contributed by atoms with Gasteiger partial charge in [-0.05, 0) is 40.8 Å². The Morgan fingerprint density at radius 1 is 1.09 bits per heavy atom. The molecule has 2 atom stereocenters. The molecule has 3 aromatic rings. The molecule has 0 saturated carbocycles. The molecule has 9 heteroatoms. The normalized spacial score (nSPS) is 15.6. The Kier molecular flexibility index (Phi) is 7.50. The van der Waals surface area contributed by atoms with E-state index in [0.29, 0.717) is 23.5 Å². The fourth-order valence-electron chi connectivity index (χ4n) is 3.92. The molecule has 35 heavy (non-hydrogen) atoms. The van der Waals surface area contributed by atoms with Crippen molar-refractivity contribution in [3.05, 3.63) is 106 Å². The van der Waals surface area contributed by atoms with Gasteiger partial charge < -0.3 is 14.2 Å². The minimum Gasteiger partial charge on any atom is -0.493 e. The van der Waals surface area contributed by atoms with Crippen LogP contribution in [0.15, 0.2) is 84.0 Å². The standard InChI is InChI=1S/C26H24N4O5/c1-33-22-13-12-20(15-23(22)34-16-19-10-6-3-7-11-19)24(28-29-27)25(31)30-21(17-35-26(30)32)14-18-8-4-2-5-9-18/h2-13,15,21,24H,14,16-17H2,1H3/t21-,24-/m1/s1. The second kappa shape index (κ2) is 11.1. The van der Waals surface area contributed by atoms with Crippen LogP contribution in [0.2, 0.25) is 0 Å². The summed E-state index contributed by atoms with van der Waals surface area (Å²) >= 11 is 0. The molecule has 178 valence electrons. The number of carbonyl (C=O) groups excluding carboxylic acids is 2. The zero-order valence-electron chi connectivity index (χ0n) is 19.1. The molecule has 0 spiro atoms. The van der Waals surface area contributed by atoms with Crippen LogP contribution in [0, 0.1) is 0 Å². The monoisotopic (exact) mass is 472 g/mol. The number of imide groups is 1. The van der Waals surface area contributed by atoms with Gasteiger partial charge in [-0.3, -0.25) is 4.79 Å². The van der Waals surface area contributed by atoms with E-state index in [9.17, 15) is 15.1 Å². The summed E-state index contributed by atoms with van der Waals surface area (Å²) in [4.78, 5) is 29.9. The summed E-state index contributed by atoms with van der Waals surface area (Å²) in [5.41, 5.74) is 11.5. The highest BCUT2D eigenvalue weighted by Gasteiger charge is 2.41. The number of benzene rings is 3. The lowest BCUT2D eigenvalue weighted by atomic mass is 10.0. The topological polar surface area (TPSA) is 114 Å². The first-order valence-electron chi connectivity index (χ1n) is 11.0. The summed E-state index contributed by atoms with van der Waals surface area (Å²) in [6.07, 6.45) is -0.335. The average Bonchev–Trinajstić information content (AvgIpc) is 3.26. The lowest BCUT2D eigenvalue weighted by molar-refractivity contribution is -0.130. The van der Waals surface area contributed by atoms with E-state index in [1.54, 1.807) is 18.2 Å². The smallest absolute Gasteiger partial charge is 0.417 e. The molecule has 0 N–H and O–H groups in total. The predicted octanol–water partition coefficient (Wildman–Crippen LogP) is 5.22. The summed E-state index contributed by atoms with van der Waals surface area (Å²) in [6.45, 7) is 0.342. The molecule has 0 aromatic heterocycles. The summed E-state index contributed by atoms with van der Waals surface area (Å²) in [7, 11) is 1.51. The van der Waals surface area contributed by atoms with Crippen molar-refractivity contribution in [1.29, 1.82) is 0 Å². The molecule has 1 heterocycles. The van der Waals surface area contributed by atoms with Crippen LogP contribution in [0.4, 0.5) is 4.79 Å². The van der Waals surface area contributed by atoms with Crippen LogP contribution in [0.25, 0.3) is 10.4 Å². The van der Waals surface area contributed by atoms with Crippen LogP contribution in [0.5, 0.6) is 11.5 Å². The van der Waals surface area contributed by atoms with Crippen molar-refractivity contribution in [3.8, 4) is 11.5 Å². The van der Waals surface area contributed by atoms with Crippen LogP contribution in [-0.2, 0) is 22.6 Å². The molecule has 1 aliphatic rings. The number of ether oxygens (including phenoxy) is 3. The van der Waals surface area contributed by atoms with Gasteiger partial charge in [0.1, 0.15) is 19.3 Å². The van der Waals surface area contributed by atoms with Crippen molar-refractivity contribution in [2.45, 2.75) is 25.1 Å². The predicted molar refractivity (Wildman–Crippen MR) is 128 cm³/mol. The first-order valence-corrected chi connectivity index (χ1v) is 11.0. The quantitative estimate of drug-likeness (QED) is 0.241. The highest BCUT2D eigenvalue weighted by atomic mass is 16.6. The van der Waals surface area contributed by atoms with E-state index in [4.69, 9.17) is 14.2 Å². The second-order valence-electron chi connectivity index (χ2n) is 7.92. The Hall–Kier alpha value is -4.49. The maximum absolute atomic E-state index is 13.5. The van der Waals surface area contributed by atoms with E-state index in [1.807, 2.05) is 60.7 Å². The minimum atomic E-state index is -1.28. The zero-order valence-corrected chi connectivity index (χ0v) is 19.1. The van der Waals surface area contributed by atoms with Gasteiger partial charge in [-0.25, -0.2) is 9.69 Å². The number of nitrogens with zero attached hydrogens (tertiary/aromatic N) is 4. The number of amides is 2. The third-order valence-electron chi connectivity index (χ3n) is 5.65. The Morgan fingerprint density at radius 2 is 1.77 bits per heavy atom. The fraction of sp³-hybridized carbons (Fsp3) is 0.231. The van der Waals surface area contributed by atoms with Crippen molar-refractivity contribution in [2.75, 3.05) is 13.7 Å². The Bertz CT molecular complexity index is 1230. The maximum Gasteiger partial charge on any atom is 0.417 e. The number of azide groups is 1. The van der Waals surface area contributed by atoms with Crippen LogP contribution in [-0.4, -0.2) is 36.7 Å². The van der Waals surface area contributed by atoms with E-state index >= 15 is 0 Å². The van der Waals surface area contributed by atoms with Crippen LogP contribution in [0.3, 0.4) is 0 Å². The van der Waals surface area contributed by atoms with Gasteiger partial charge in [-0.2, -0.15) is 0 Å². The summed E-state index contributed by atoms with van der Waals surface area (Å²) in [6, 6.07) is 22.1. The van der Waals surface area contributed by atoms with Gasteiger partial charge >= 0.3 is 6.09 Å². The Morgan fingerprint density at radius 3 is 2.43 bits per heavy atom. The Balaban J connectivity index is 1.59. The third kappa shape index (κ3) is 5.54. The molecule has 0 radical (unpaired) electrons. The maximum atomic E-state index is 13.5. The first kappa shape index (κ1) is 23.7. The van der Waals surface area contributed by atoms with Gasteiger partial charge in [-0.1, -0.05) is 71.8 Å². The van der Waals surface area contributed by atoms with Crippen LogP contribution >= 0.6 is 0 Å². The number of hydrogen-bond acceptors (Lipinski definition) is 6. The summed E-state index contributed by atoms with van der Waals surface area (Å²) in [5, 5.41) is 3.71. The minimum absolute atomic E-state index is 0.0660. The van der Waals surface area contributed by atoms with Crippen molar-refractivity contribution >= 4 is 12.0 Å². The van der Waals surface area contributed by atoms with Crippen molar-refractivity contribution < 1.29 is 23.8 Å². The molecule has 1 fully saturated rings. The largest absolute Gasteiger partial charge is 0.493 e. The van der Waals surface area contributed by atoms with Crippen LogP contribution in [0.1, 0.15) is 22.7 Å². The number of carbonyl (C=O) groups is 2. The van der Waals surface area contributed by atoms with E-state index in [-0.39, 0.29) is 13.2 Å². The molecule has 1 saturated heterocycles. The van der Waals surface area contributed by atoms with Crippen molar-refractivity contribution in [3.63, 3.8) is 0 Å². The van der Waals surface area contributed by atoms with Crippen molar-refractivity contribution in [2.24, 2.45) is 5.11 Å². The van der Waals surface area contributed by atoms with E-state index in [1.165, 1.54) is 7.11 Å². The number of cyclic esters (lactones) is 1. The molecule has 0 aliphatic carbocycles. The van der Waals surface area contributed by atoms with E-state index in [0.717, 1.165) is 16.0 Å². The molecular formula is C26H24N4O5. The van der Waals surface area contributed by atoms with Crippen LogP contribution < -0.4 is 9.47 Å². The number of rotatable bonds is 9. The van der Waals surface area contributed by atoms with E-state index in [2.05, 4.69) is 10.0 Å². The summed E-state index contributed by atoms with van der Waals surface area (Å²) < 4.78 is 16.5. The van der Waals surface area contributed by atoms with Gasteiger partial charge in [0.15, 0.2) is 11.5 Å². The average molecular weight is 473 g/mol. The molecule has 4 rings (SSSR count). The highest BCUT2D eigenvalue weighted by Crippen LogP contribution is 2.34. The number of hydrogen-bond donors (Lipinski definition) is 0. The Labute approximate surface area is 202 Å². The third-order valence-corrected chi connectivity index (χ3v) is 5.65. The van der Waals surface area contributed by atoms with Gasteiger partial charge in [0.25, 0.3) is 0 Å². The molecule has 9 nitrogen and oxygen atoms in total. The molecule has 1 aliphatic heterocycles. The fourth-order valence-corrected chi connectivity index (χ4v) is 3.92. The first-order chi connectivity index (χ1) is 17.1. The molecule has 0 unspecified atom stereocenters. The molecule has 0 bridgehead atoms. The SMILES string of the molecule is COc1ccc([C@@H](N=[N+]=[N-])C(=O)N2C(=O)OC[C@H]2Cc2ccccc2)cc1OCc1ccccc1. The van der Waals surface area contributed by atoms with Gasteiger partial charge in [0, 0.05) is 4.91 Å². The second-order valence-corrected chi connectivity index (χ2v) is 7.92. The van der Waals surface area contributed by atoms with Gasteiger partial charge in [0.2, 0.25) is 5.91 Å². The molecular weight excluding hydrogens is 448 g/mol. The molecule has 3 aromatic carbocycles. The van der Waals surface area contributed by atoms with Gasteiger partial charge in [0.05, 0.1) is 13.2 Å². The lowest BCUT2D eigenvalue weighted by Crippen LogP contribution is -2.42. The summed E-state index contributed by atoms with van der Waals surface area (Å²) in [5.74, 6) is 0.175. The van der Waals surface area contributed by atoms with Crippen molar-refractivity contribution in [1.82, 2.24) is 4.90 Å².